The van der Waals surface area contributed by atoms with Crippen molar-refractivity contribution in [2.24, 2.45) is 4.99 Å². The van der Waals surface area contributed by atoms with Gasteiger partial charge >= 0.3 is 0 Å². The molecule has 3 aliphatic rings. The van der Waals surface area contributed by atoms with Crippen molar-refractivity contribution in [1.29, 1.82) is 0 Å². The highest BCUT2D eigenvalue weighted by Crippen LogP contribution is 2.65. The zero-order valence-corrected chi connectivity index (χ0v) is 33.4. The van der Waals surface area contributed by atoms with Crippen molar-refractivity contribution >= 4 is 37.9 Å². The molecule has 3 heteroatoms. The molecule has 0 saturated carbocycles. The summed E-state index contributed by atoms with van der Waals surface area (Å²) in [6.07, 6.45) is -0.214. The molecule has 1 spiro atoms. The summed E-state index contributed by atoms with van der Waals surface area (Å²) in [6.45, 7) is 0. The minimum atomic E-state index is -0.492. The number of nitrogens with one attached hydrogen (secondary N) is 1. The smallest absolute Gasteiger partial charge is 0.145 e. The minimum Gasteiger partial charge on any atom is -0.358 e. The Bertz CT molecular complexity index is 3460. The Morgan fingerprint density at radius 3 is 1.82 bits per heavy atom. The molecule has 0 saturated heterocycles. The van der Waals surface area contributed by atoms with Crippen LogP contribution in [0.5, 0.6) is 0 Å². The number of rotatable bonds is 4. The highest BCUT2D eigenvalue weighted by molar-refractivity contribution is 7.17. The van der Waals surface area contributed by atoms with Crippen LogP contribution in [0, 0.1) is 0 Å². The van der Waals surface area contributed by atoms with Gasteiger partial charge < -0.3 is 5.32 Å². The number of thiophene rings is 1. The normalized spacial score (nSPS) is 15.2. The minimum absolute atomic E-state index is 0.214. The van der Waals surface area contributed by atoms with Crippen LogP contribution in [0.3, 0.4) is 0 Å². The van der Waals surface area contributed by atoms with E-state index in [-0.39, 0.29) is 6.17 Å². The second-order valence-corrected chi connectivity index (χ2v) is 17.2. The first-order chi connectivity index (χ1) is 29.8. The van der Waals surface area contributed by atoms with E-state index in [2.05, 4.69) is 212 Å². The molecule has 1 atom stereocenters. The first-order valence-corrected chi connectivity index (χ1v) is 21.6. The summed E-state index contributed by atoms with van der Waals surface area (Å²) in [6, 6.07) is 76.2. The number of benzene rings is 9. The first kappa shape index (κ1) is 33.6. The molecule has 2 nitrogen and oxygen atoms in total. The van der Waals surface area contributed by atoms with Gasteiger partial charge in [-0.3, -0.25) is 4.99 Å². The molecule has 1 unspecified atom stereocenters. The van der Waals surface area contributed by atoms with Gasteiger partial charge in [-0.2, -0.15) is 0 Å². The van der Waals surface area contributed by atoms with Gasteiger partial charge in [0.05, 0.1) is 21.0 Å². The zero-order valence-electron chi connectivity index (χ0n) is 32.6. The summed E-state index contributed by atoms with van der Waals surface area (Å²) >= 11 is 1.81. The van der Waals surface area contributed by atoms with Crippen molar-refractivity contribution < 1.29 is 0 Å². The Labute approximate surface area is 352 Å². The molecule has 2 heterocycles. The van der Waals surface area contributed by atoms with Crippen LogP contribution in [0.1, 0.15) is 39.5 Å². The quantitative estimate of drug-likeness (QED) is 0.189. The molecule has 1 N–H and O–H groups in total. The fourth-order valence-electron chi connectivity index (χ4n) is 10.6. The van der Waals surface area contributed by atoms with Crippen molar-refractivity contribution in [2.75, 3.05) is 0 Å². The van der Waals surface area contributed by atoms with Gasteiger partial charge in [0, 0.05) is 10.1 Å². The van der Waals surface area contributed by atoms with Gasteiger partial charge in [-0.25, -0.2) is 0 Å². The predicted molar refractivity (Wildman–Crippen MR) is 249 cm³/mol. The Morgan fingerprint density at radius 2 is 1.07 bits per heavy atom. The Kier molecular flexibility index (Phi) is 7.19. The van der Waals surface area contributed by atoms with E-state index in [0.29, 0.717) is 0 Å². The lowest BCUT2D eigenvalue weighted by molar-refractivity contribution is 0.639. The molecule has 13 rings (SSSR count). The van der Waals surface area contributed by atoms with E-state index in [4.69, 9.17) is 4.99 Å². The molecule has 0 amide bonds. The molecule has 9 aromatic carbocycles. The monoisotopic (exact) mass is 780 g/mol. The van der Waals surface area contributed by atoms with Gasteiger partial charge in [-0.05, 0) is 107 Å². The molecule has 0 radical (unpaired) electrons. The molecular weight excluding hydrogens is 745 g/mol. The lowest BCUT2D eigenvalue weighted by atomic mass is 9.69. The number of nitrogens with zero attached hydrogens (tertiary/aromatic N) is 1. The lowest BCUT2D eigenvalue weighted by Crippen LogP contribution is -2.37. The third kappa shape index (κ3) is 4.67. The van der Waals surface area contributed by atoms with Crippen LogP contribution in [0.2, 0.25) is 0 Å². The van der Waals surface area contributed by atoms with Crippen LogP contribution in [0.25, 0.3) is 71.1 Å². The number of hydrogen-bond acceptors (Lipinski definition) is 3. The molecule has 0 fully saturated rings. The first-order valence-electron chi connectivity index (χ1n) is 20.7. The number of fused-ring (bicyclic) bond motifs is 15. The Balaban J connectivity index is 1.00. The molecule has 1 aliphatic heterocycles. The van der Waals surface area contributed by atoms with Gasteiger partial charge in [-0.1, -0.05) is 188 Å². The van der Waals surface area contributed by atoms with Crippen molar-refractivity contribution in [1.82, 2.24) is 5.32 Å². The van der Waals surface area contributed by atoms with E-state index in [1.54, 1.807) is 0 Å². The molecule has 0 bridgehead atoms. The maximum absolute atomic E-state index is 5.38. The summed E-state index contributed by atoms with van der Waals surface area (Å²) in [5.74, 6) is 0. The molecule has 10 aromatic rings. The van der Waals surface area contributed by atoms with E-state index in [1.165, 1.54) is 97.7 Å². The fraction of sp³-hybridized carbons (Fsp3) is 0.0351. The third-order valence-corrected chi connectivity index (χ3v) is 14.3. The molecule has 280 valence electrons. The van der Waals surface area contributed by atoms with E-state index in [1.807, 2.05) is 11.3 Å². The van der Waals surface area contributed by atoms with Crippen molar-refractivity contribution in [3.8, 4) is 44.5 Å². The average molecular weight is 781 g/mol. The van der Waals surface area contributed by atoms with Crippen LogP contribution in [-0.4, -0.2) is 0 Å². The van der Waals surface area contributed by atoms with Crippen molar-refractivity contribution in [2.45, 2.75) is 11.6 Å². The van der Waals surface area contributed by atoms with Gasteiger partial charge in [0.2, 0.25) is 0 Å². The van der Waals surface area contributed by atoms with Gasteiger partial charge in [-0.15, -0.1) is 11.3 Å². The Morgan fingerprint density at radius 1 is 0.450 bits per heavy atom. The van der Waals surface area contributed by atoms with E-state index >= 15 is 0 Å². The lowest BCUT2D eigenvalue weighted by Gasteiger charge is -2.32. The van der Waals surface area contributed by atoms with E-state index in [9.17, 15) is 0 Å². The van der Waals surface area contributed by atoms with E-state index < -0.39 is 5.41 Å². The summed E-state index contributed by atoms with van der Waals surface area (Å²) in [7, 11) is 0. The highest BCUT2D eigenvalue weighted by Gasteiger charge is 2.53. The standard InChI is InChI=1S/C57H36N2S/c1-3-15-36(16-4-1)46-33-40-19-7-8-20-41(40)52-51(46)44-32-31-39(34-49(44)57(52)47-24-12-9-21-42(47)43-22-10-13-25-48(43)57)35-27-29-38(30-28-35)56-58-53(37-17-5-2-6-18-37)55-54(59-56)45-23-11-14-26-50(45)60-55/h1-34,56,58H. The van der Waals surface area contributed by atoms with Crippen LogP contribution in [0.4, 0.5) is 0 Å². The van der Waals surface area contributed by atoms with E-state index in [0.717, 1.165) is 16.6 Å². The third-order valence-electron chi connectivity index (χ3n) is 13.1. The largest absolute Gasteiger partial charge is 0.358 e. The Hall–Kier alpha value is -7.33. The molecule has 1 aromatic heterocycles. The van der Waals surface area contributed by atoms with Crippen LogP contribution < -0.4 is 15.2 Å². The SMILES string of the molecule is c1ccc(C2=c3sc4ccccc4c3=NC(c3ccc(-c4ccc5c(c4)C4(c6ccccc6-c6ccccc64)c4c-5c(-c5ccccc5)cc5ccccc45)cc3)N2)cc1. The van der Waals surface area contributed by atoms with Crippen molar-refractivity contribution in [3.63, 3.8) is 0 Å². The van der Waals surface area contributed by atoms with Crippen LogP contribution >= 0.6 is 11.3 Å². The zero-order chi connectivity index (χ0) is 39.4. The fourth-order valence-corrected chi connectivity index (χ4v) is 11.8. The summed E-state index contributed by atoms with van der Waals surface area (Å²) in [5, 5.41) is 8.70. The molecule has 60 heavy (non-hydrogen) atoms. The van der Waals surface area contributed by atoms with Gasteiger partial charge in [0.15, 0.2) is 0 Å². The maximum Gasteiger partial charge on any atom is 0.145 e. The summed E-state index contributed by atoms with van der Waals surface area (Å²) in [5.41, 5.74) is 18.5. The van der Waals surface area contributed by atoms with Gasteiger partial charge in [0.25, 0.3) is 0 Å². The topological polar surface area (TPSA) is 24.4 Å². The second-order valence-electron chi connectivity index (χ2n) is 16.2. The van der Waals surface area contributed by atoms with Gasteiger partial charge in [0.1, 0.15) is 6.17 Å². The maximum atomic E-state index is 5.38. The molecule has 2 aliphatic carbocycles. The van der Waals surface area contributed by atoms with Crippen molar-refractivity contribution in [3.05, 3.63) is 250 Å². The average Bonchev–Trinajstić information content (AvgIpc) is 3.96. The number of hydrogen-bond donors (Lipinski definition) is 1. The summed E-state index contributed by atoms with van der Waals surface area (Å²) in [4.78, 5) is 5.38. The molecular formula is C57H36N2S. The van der Waals surface area contributed by atoms with Crippen LogP contribution in [-0.2, 0) is 5.41 Å². The second kappa shape index (κ2) is 12.8. The summed E-state index contributed by atoms with van der Waals surface area (Å²) < 4.78 is 2.45. The highest BCUT2D eigenvalue weighted by atomic mass is 32.1. The predicted octanol–water partition coefficient (Wildman–Crippen LogP) is 12.8. The van der Waals surface area contributed by atoms with Crippen LogP contribution in [0.15, 0.2) is 211 Å².